The molecule has 0 saturated carbocycles. The van der Waals surface area contributed by atoms with Crippen LogP contribution in [0.4, 0.5) is 11.4 Å². The zero-order valence-corrected chi connectivity index (χ0v) is 20.5. The van der Waals surface area contributed by atoms with Crippen LogP contribution >= 0.6 is 11.3 Å². The number of carbonyl (C=O) groups is 1. The summed E-state index contributed by atoms with van der Waals surface area (Å²) in [5.74, 6) is -0.513. The third-order valence-corrected chi connectivity index (χ3v) is 9.23. The molecule has 1 fully saturated rings. The second-order valence-electron chi connectivity index (χ2n) is 8.41. The van der Waals surface area contributed by atoms with Gasteiger partial charge in [-0.2, -0.15) is 4.31 Å². The van der Waals surface area contributed by atoms with E-state index >= 15 is 0 Å². The molecule has 8 heteroatoms. The number of rotatable bonds is 7. The Morgan fingerprint density at radius 1 is 1.03 bits per heavy atom. The molecule has 3 aromatic rings. The normalized spacial score (nSPS) is 17.9. The zero-order valence-electron chi connectivity index (χ0n) is 18.8. The summed E-state index contributed by atoms with van der Waals surface area (Å²) in [4.78, 5) is 13.8. The lowest BCUT2D eigenvalue weighted by Crippen LogP contribution is -2.43. The van der Waals surface area contributed by atoms with E-state index in [1.54, 1.807) is 6.07 Å². The predicted molar refractivity (Wildman–Crippen MR) is 134 cm³/mol. The van der Waals surface area contributed by atoms with Gasteiger partial charge in [0.15, 0.2) is 0 Å². The molecule has 1 aliphatic rings. The predicted octanol–water partition coefficient (Wildman–Crippen LogP) is 5.27. The van der Waals surface area contributed by atoms with Gasteiger partial charge in [0.1, 0.15) is 4.21 Å². The molecular formula is C25H29N3O3S2. The molecule has 1 aromatic heterocycles. The summed E-state index contributed by atoms with van der Waals surface area (Å²) in [6.45, 7) is 4.65. The van der Waals surface area contributed by atoms with Gasteiger partial charge < -0.3 is 10.6 Å². The minimum atomic E-state index is -3.56. The van der Waals surface area contributed by atoms with Crippen LogP contribution in [0.3, 0.4) is 0 Å². The number of aryl methyl sites for hydroxylation is 1. The first kappa shape index (κ1) is 23.5. The summed E-state index contributed by atoms with van der Waals surface area (Å²) < 4.78 is 27.7. The number of nitrogens with one attached hydrogen (secondary N) is 2. The zero-order chi connectivity index (χ0) is 23.4. The van der Waals surface area contributed by atoms with Gasteiger partial charge in [0.25, 0.3) is 10.0 Å². The molecule has 2 unspecified atom stereocenters. The van der Waals surface area contributed by atoms with Gasteiger partial charge in [-0.1, -0.05) is 30.3 Å². The van der Waals surface area contributed by atoms with Gasteiger partial charge in [0.2, 0.25) is 5.91 Å². The highest BCUT2D eigenvalue weighted by Crippen LogP contribution is 2.29. The number of thiophene rings is 1. The van der Waals surface area contributed by atoms with Gasteiger partial charge in [0, 0.05) is 35.4 Å². The van der Waals surface area contributed by atoms with Crippen LogP contribution < -0.4 is 10.6 Å². The molecule has 2 aromatic carbocycles. The Hall–Kier alpha value is -2.68. The highest BCUT2D eigenvalue weighted by atomic mass is 32.2. The molecule has 6 nitrogen and oxygen atoms in total. The average molecular weight is 484 g/mol. The van der Waals surface area contributed by atoms with Crippen molar-refractivity contribution in [2.45, 2.75) is 36.9 Å². The maximum Gasteiger partial charge on any atom is 0.252 e. The number of nitrogens with zero attached hydrogens (tertiary/aromatic N) is 1. The highest BCUT2D eigenvalue weighted by Gasteiger charge is 2.34. The molecule has 1 aliphatic heterocycles. The third kappa shape index (κ3) is 5.63. The molecule has 0 spiro atoms. The van der Waals surface area contributed by atoms with Crippen molar-refractivity contribution < 1.29 is 13.2 Å². The molecule has 0 bridgehead atoms. The molecule has 0 radical (unpaired) electrons. The summed E-state index contributed by atoms with van der Waals surface area (Å²) in [5.41, 5.74) is 2.86. The van der Waals surface area contributed by atoms with Gasteiger partial charge in [-0.15, -0.1) is 11.3 Å². The van der Waals surface area contributed by atoms with Crippen molar-refractivity contribution in [3.05, 3.63) is 77.2 Å². The summed E-state index contributed by atoms with van der Waals surface area (Å²) in [6, 6.07) is 21.4. The molecular weight excluding hydrogens is 454 g/mol. The van der Waals surface area contributed by atoms with E-state index < -0.39 is 10.0 Å². The number of amides is 1. The van der Waals surface area contributed by atoms with Gasteiger partial charge in [0.05, 0.1) is 5.92 Å². The van der Waals surface area contributed by atoms with Crippen molar-refractivity contribution in [3.63, 3.8) is 0 Å². The number of piperidine rings is 1. The van der Waals surface area contributed by atoms with Crippen molar-refractivity contribution >= 4 is 38.6 Å². The third-order valence-electron chi connectivity index (χ3n) is 5.90. The first-order valence-electron chi connectivity index (χ1n) is 11.1. The Bertz CT molecular complexity index is 1190. The van der Waals surface area contributed by atoms with E-state index in [2.05, 4.69) is 29.7 Å². The van der Waals surface area contributed by atoms with Gasteiger partial charge >= 0.3 is 0 Å². The molecule has 0 aliphatic carbocycles. The maximum atomic E-state index is 13.0. The van der Waals surface area contributed by atoms with E-state index in [9.17, 15) is 13.2 Å². The fourth-order valence-electron chi connectivity index (χ4n) is 4.02. The summed E-state index contributed by atoms with van der Waals surface area (Å²) >= 11 is 1.27. The molecule has 2 N–H and O–H groups in total. The number of sulfonamides is 1. The largest absolute Gasteiger partial charge is 0.379 e. The van der Waals surface area contributed by atoms with Crippen LogP contribution in [0.25, 0.3) is 0 Å². The van der Waals surface area contributed by atoms with Crippen LogP contribution in [-0.4, -0.2) is 31.7 Å². The lowest BCUT2D eigenvalue weighted by atomic mass is 9.98. The minimum Gasteiger partial charge on any atom is -0.379 e. The van der Waals surface area contributed by atoms with E-state index in [0.29, 0.717) is 29.3 Å². The van der Waals surface area contributed by atoms with Crippen molar-refractivity contribution in [3.8, 4) is 0 Å². The summed E-state index contributed by atoms with van der Waals surface area (Å²) in [5, 5.41) is 6.41. The first-order chi connectivity index (χ1) is 15.8. The van der Waals surface area contributed by atoms with Crippen LogP contribution in [0, 0.1) is 12.8 Å². The quantitative estimate of drug-likeness (QED) is 0.480. The van der Waals surface area contributed by atoms with Crippen molar-refractivity contribution in [1.29, 1.82) is 0 Å². The average Bonchev–Trinajstić information content (AvgIpc) is 3.28. The SMILES string of the molecule is Cc1ccc(S(=O)(=O)N2CCCC(C(=O)Nc3ccc(NC(C)c4ccccc4)cc3)C2)s1. The van der Waals surface area contributed by atoms with Crippen molar-refractivity contribution in [2.75, 3.05) is 23.7 Å². The Balaban J connectivity index is 1.36. The highest BCUT2D eigenvalue weighted by molar-refractivity contribution is 7.91. The Labute approximate surface area is 199 Å². The van der Waals surface area contributed by atoms with E-state index in [1.807, 2.05) is 55.5 Å². The number of anilines is 2. The van der Waals surface area contributed by atoms with Crippen molar-refractivity contribution in [1.82, 2.24) is 4.31 Å². The Kier molecular flexibility index (Phi) is 7.17. The van der Waals surface area contributed by atoms with E-state index in [1.165, 1.54) is 21.2 Å². The van der Waals surface area contributed by atoms with E-state index in [-0.39, 0.29) is 24.4 Å². The molecule has 174 valence electrons. The second kappa shape index (κ2) is 10.1. The maximum absolute atomic E-state index is 13.0. The topological polar surface area (TPSA) is 78.5 Å². The Morgan fingerprint density at radius 3 is 2.39 bits per heavy atom. The van der Waals surface area contributed by atoms with Crippen molar-refractivity contribution in [2.24, 2.45) is 5.92 Å². The van der Waals surface area contributed by atoms with Crippen LogP contribution in [0.15, 0.2) is 70.9 Å². The van der Waals surface area contributed by atoms with E-state index in [4.69, 9.17) is 0 Å². The lowest BCUT2D eigenvalue weighted by molar-refractivity contribution is -0.120. The van der Waals surface area contributed by atoms with Crippen LogP contribution in [0.1, 0.15) is 36.2 Å². The van der Waals surface area contributed by atoms with Crippen LogP contribution in [0.5, 0.6) is 0 Å². The monoisotopic (exact) mass is 483 g/mol. The van der Waals surface area contributed by atoms with E-state index in [0.717, 1.165) is 10.6 Å². The molecule has 33 heavy (non-hydrogen) atoms. The standard InChI is InChI=1S/C25H29N3O3S2/c1-18-10-15-24(32-18)33(30,31)28-16-6-9-21(17-28)25(29)27-23-13-11-22(12-14-23)26-19(2)20-7-4-3-5-8-20/h3-5,7-8,10-15,19,21,26H,6,9,16-17H2,1-2H3,(H,27,29). The smallest absolute Gasteiger partial charge is 0.252 e. The second-order valence-corrected chi connectivity index (χ2v) is 11.9. The van der Waals surface area contributed by atoms with Gasteiger partial charge in [-0.25, -0.2) is 8.42 Å². The van der Waals surface area contributed by atoms with Crippen LogP contribution in [-0.2, 0) is 14.8 Å². The number of benzene rings is 2. The Morgan fingerprint density at radius 2 is 1.73 bits per heavy atom. The number of hydrogen-bond donors (Lipinski definition) is 2. The molecule has 2 heterocycles. The lowest BCUT2D eigenvalue weighted by Gasteiger charge is -2.30. The summed E-state index contributed by atoms with van der Waals surface area (Å²) in [7, 11) is -3.56. The molecule has 2 atom stereocenters. The number of hydrogen-bond acceptors (Lipinski definition) is 5. The first-order valence-corrected chi connectivity index (χ1v) is 13.4. The van der Waals surface area contributed by atoms with Crippen LogP contribution in [0.2, 0.25) is 0 Å². The summed E-state index contributed by atoms with van der Waals surface area (Å²) in [6.07, 6.45) is 1.34. The fourth-order valence-corrected chi connectivity index (χ4v) is 6.98. The van der Waals surface area contributed by atoms with Gasteiger partial charge in [-0.3, -0.25) is 4.79 Å². The molecule has 1 saturated heterocycles. The number of carbonyl (C=O) groups excluding carboxylic acids is 1. The molecule has 1 amide bonds. The molecule has 4 rings (SSSR count). The minimum absolute atomic E-state index is 0.143. The van der Waals surface area contributed by atoms with Gasteiger partial charge in [-0.05, 0) is 68.7 Å². The fraction of sp³-hybridized carbons (Fsp3) is 0.320.